The molecule has 9 heteroatoms. The van der Waals surface area contributed by atoms with Gasteiger partial charge in [0.2, 0.25) is 11.8 Å². The normalized spacial score (nSPS) is 21.0. The summed E-state index contributed by atoms with van der Waals surface area (Å²) < 4.78 is 11.9. The SMILES string of the molecule is CCC(=O)Nc1ccc2c(c1)OC[C@H](C)N(C(=O)Cc1cccnc1)C[C@H](C)[C@@H](OC)CN(C)C2=O. The van der Waals surface area contributed by atoms with Crippen LogP contribution in [-0.2, 0) is 20.7 Å². The highest BCUT2D eigenvalue weighted by Gasteiger charge is 2.30. The molecule has 2 aromatic rings. The Kier molecular flexibility index (Phi) is 9.41. The summed E-state index contributed by atoms with van der Waals surface area (Å²) in [5.41, 5.74) is 1.77. The molecule has 9 nitrogen and oxygen atoms in total. The second kappa shape index (κ2) is 12.5. The van der Waals surface area contributed by atoms with E-state index in [0.717, 1.165) is 5.56 Å². The standard InChI is InChI=1S/C27H36N4O5/c1-6-25(32)29-21-9-10-22-23(13-21)36-17-19(3)31(26(33)12-20-8-7-11-28-14-20)15-18(2)24(35-5)16-30(4)27(22)34/h7-11,13-14,18-19,24H,6,12,15-17H2,1-5H3,(H,29,32)/t18-,19-,24-/m0/s1. The highest BCUT2D eigenvalue weighted by Crippen LogP contribution is 2.27. The van der Waals surface area contributed by atoms with Crippen molar-refractivity contribution in [3.63, 3.8) is 0 Å². The van der Waals surface area contributed by atoms with Gasteiger partial charge in [0.15, 0.2) is 0 Å². The number of amides is 3. The molecule has 2 heterocycles. The lowest BCUT2D eigenvalue weighted by Gasteiger charge is -2.36. The summed E-state index contributed by atoms with van der Waals surface area (Å²) in [4.78, 5) is 46.1. The van der Waals surface area contributed by atoms with Crippen LogP contribution in [0, 0.1) is 5.92 Å². The van der Waals surface area contributed by atoms with Gasteiger partial charge in [-0.1, -0.05) is 19.9 Å². The van der Waals surface area contributed by atoms with Crippen LogP contribution in [0.25, 0.3) is 0 Å². The fourth-order valence-corrected chi connectivity index (χ4v) is 4.23. The number of nitrogens with one attached hydrogen (secondary N) is 1. The van der Waals surface area contributed by atoms with Gasteiger partial charge >= 0.3 is 0 Å². The van der Waals surface area contributed by atoms with Gasteiger partial charge in [-0.25, -0.2) is 0 Å². The maximum Gasteiger partial charge on any atom is 0.257 e. The van der Waals surface area contributed by atoms with Gasteiger partial charge in [-0.05, 0) is 30.7 Å². The van der Waals surface area contributed by atoms with Crippen LogP contribution in [-0.4, -0.2) is 78.5 Å². The van der Waals surface area contributed by atoms with Gasteiger partial charge in [-0.15, -0.1) is 0 Å². The Hall–Kier alpha value is -3.46. The molecule has 0 bridgehead atoms. The number of methoxy groups -OCH3 is 1. The summed E-state index contributed by atoms with van der Waals surface area (Å²) in [5, 5.41) is 2.81. The molecular weight excluding hydrogens is 460 g/mol. The second-order valence-corrected chi connectivity index (χ2v) is 9.29. The molecule has 1 aliphatic rings. The predicted molar refractivity (Wildman–Crippen MR) is 137 cm³/mol. The summed E-state index contributed by atoms with van der Waals surface area (Å²) in [6.07, 6.45) is 3.66. The number of benzene rings is 1. The van der Waals surface area contributed by atoms with Crippen LogP contribution in [0.4, 0.5) is 5.69 Å². The Labute approximate surface area is 212 Å². The van der Waals surface area contributed by atoms with Gasteiger partial charge in [0, 0.05) is 63.7 Å². The van der Waals surface area contributed by atoms with Gasteiger partial charge in [-0.2, -0.15) is 0 Å². The molecule has 0 saturated carbocycles. The molecule has 0 aliphatic carbocycles. The van der Waals surface area contributed by atoms with E-state index >= 15 is 0 Å². The van der Waals surface area contributed by atoms with E-state index in [4.69, 9.17) is 9.47 Å². The molecule has 0 unspecified atom stereocenters. The Morgan fingerprint density at radius 3 is 2.67 bits per heavy atom. The molecule has 0 radical (unpaired) electrons. The molecule has 0 spiro atoms. The Bertz CT molecular complexity index is 1060. The monoisotopic (exact) mass is 496 g/mol. The lowest BCUT2D eigenvalue weighted by molar-refractivity contribution is -0.134. The second-order valence-electron chi connectivity index (χ2n) is 9.29. The third-order valence-corrected chi connectivity index (χ3v) is 6.45. The van der Waals surface area contributed by atoms with Crippen LogP contribution in [0.2, 0.25) is 0 Å². The zero-order valence-corrected chi connectivity index (χ0v) is 21.7. The van der Waals surface area contributed by atoms with Gasteiger partial charge < -0.3 is 24.6 Å². The number of ether oxygens (including phenoxy) is 2. The van der Waals surface area contributed by atoms with Crippen LogP contribution < -0.4 is 10.1 Å². The minimum absolute atomic E-state index is 0.0314. The van der Waals surface area contributed by atoms with Gasteiger partial charge in [0.05, 0.1) is 24.1 Å². The molecule has 36 heavy (non-hydrogen) atoms. The minimum atomic E-state index is -0.275. The van der Waals surface area contributed by atoms with Gasteiger partial charge in [-0.3, -0.25) is 19.4 Å². The Morgan fingerprint density at radius 2 is 2.00 bits per heavy atom. The molecule has 3 atom stereocenters. The maximum absolute atomic E-state index is 13.4. The number of aromatic nitrogens is 1. The number of likely N-dealkylation sites (N-methyl/N-ethyl adjacent to an activating group) is 1. The van der Waals surface area contributed by atoms with E-state index in [9.17, 15) is 14.4 Å². The average Bonchev–Trinajstić information content (AvgIpc) is 2.88. The van der Waals surface area contributed by atoms with E-state index in [0.29, 0.717) is 36.5 Å². The molecule has 3 amide bonds. The summed E-state index contributed by atoms with van der Waals surface area (Å²) in [7, 11) is 3.34. The first kappa shape index (κ1) is 27.1. The first-order valence-electron chi connectivity index (χ1n) is 12.3. The smallest absolute Gasteiger partial charge is 0.257 e. The lowest BCUT2D eigenvalue weighted by atomic mass is 10.0. The number of rotatable bonds is 5. The van der Waals surface area contributed by atoms with Crippen LogP contribution in [0.1, 0.15) is 43.1 Å². The summed E-state index contributed by atoms with van der Waals surface area (Å²) in [6, 6.07) is 8.43. The van der Waals surface area contributed by atoms with Crippen LogP contribution >= 0.6 is 0 Å². The van der Waals surface area contributed by atoms with Crippen molar-refractivity contribution in [3.05, 3.63) is 53.9 Å². The van der Waals surface area contributed by atoms with Crippen molar-refractivity contribution >= 4 is 23.4 Å². The van der Waals surface area contributed by atoms with Crippen molar-refractivity contribution < 1.29 is 23.9 Å². The number of nitrogens with zero attached hydrogens (tertiary/aromatic N) is 3. The lowest BCUT2D eigenvalue weighted by Crippen LogP contribution is -2.49. The number of pyridine rings is 1. The third-order valence-electron chi connectivity index (χ3n) is 6.45. The average molecular weight is 497 g/mol. The van der Waals surface area contributed by atoms with Crippen molar-refractivity contribution in [1.29, 1.82) is 0 Å². The maximum atomic E-state index is 13.4. The molecule has 1 aromatic carbocycles. The first-order valence-corrected chi connectivity index (χ1v) is 12.3. The van der Waals surface area contributed by atoms with Crippen molar-refractivity contribution in [2.45, 2.75) is 45.8 Å². The largest absolute Gasteiger partial charge is 0.491 e. The van der Waals surface area contributed by atoms with Gasteiger partial charge in [0.25, 0.3) is 5.91 Å². The molecule has 3 rings (SSSR count). The summed E-state index contributed by atoms with van der Waals surface area (Å²) >= 11 is 0. The van der Waals surface area contributed by atoms with E-state index in [2.05, 4.69) is 10.3 Å². The van der Waals surface area contributed by atoms with Crippen LogP contribution in [0.15, 0.2) is 42.7 Å². The Morgan fingerprint density at radius 1 is 1.22 bits per heavy atom. The van der Waals surface area contributed by atoms with Crippen molar-refractivity contribution in [3.8, 4) is 5.75 Å². The number of hydrogen-bond donors (Lipinski definition) is 1. The zero-order chi connectivity index (χ0) is 26.2. The van der Waals surface area contributed by atoms with Crippen molar-refractivity contribution in [2.24, 2.45) is 5.92 Å². The number of carbonyl (C=O) groups excluding carboxylic acids is 3. The zero-order valence-electron chi connectivity index (χ0n) is 21.7. The molecule has 0 fully saturated rings. The number of anilines is 1. The quantitative estimate of drug-likeness (QED) is 0.683. The van der Waals surface area contributed by atoms with E-state index in [1.807, 2.05) is 30.9 Å². The van der Waals surface area contributed by atoms with Crippen molar-refractivity contribution in [1.82, 2.24) is 14.8 Å². The molecule has 0 saturated heterocycles. The fourth-order valence-electron chi connectivity index (χ4n) is 4.23. The third kappa shape index (κ3) is 6.81. The van der Waals surface area contributed by atoms with Crippen LogP contribution in [0.3, 0.4) is 0 Å². The number of carbonyl (C=O) groups is 3. The molecule has 1 aliphatic heterocycles. The molecule has 1 aromatic heterocycles. The number of hydrogen-bond acceptors (Lipinski definition) is 6. The van der Waals surface area contributed by atoms with Crippen LogP contribution in [0.5, 0.6) is 5.75 Å². The molecular formula is C27H36N4O5. The topological polar surface area (TPSA) is 101 Å². The summed E-state index contributed by atoms with van der Waals surface area (Å²) in [5.74, 6) is -0.0493. The molecule has 1 N–H and O–H groups in total. The Balaban J connectivity index is 1.94. The minimum Gasteiger partial charge on any atom is -0.491 e. The van der Waals surface area contributed by atoms with E-state index < -0.39 is 0 Å². The highest BCUT2D eigenvalue weighted by molar-refractivity contribution is 5.98. The predicted octanol–water partition coefficient (Wildman–Crippen LogP) is 3.01. The van der Waals surface area contributed by atoms with Gasteiger partial charge in [0.1, 0.15) is 12.4 Å². The highest BCUT2D eigenvalue weighted by atomic mass is 16.5. The van der Waals surface area contributed by atoms with E-state index in [-0.39, 0.29) is 48.8 Å². The van der Waals surface area contributed by atoms with E-state index in [1.54, 1.807) is 56.6 Å². The first-order chi connectivity index (χ1) is 17.2. The molecule has 194 valence electrons. The number of fused-ring (bicyclic) bond motifs is 1. The van der Waals surface area contributed by atoms with Crippen molar-refractivity contribution in [2.75, 3.05) is 39.2 Å². The fraction of sp³-hybridized carbons (Fsp3) is 0.481. The van der Waals surface area contributed by atoms with E-state index in [1.165, 1.54) is 0 Å². The summed E-state index contributed by atoms with van der Waals surface area (Å²) in [6.45, 7) is 6.69.